The van der Waals surface area contributed by atoms with Gasteiger partial charge in [-0.05, 0) is 39.2 Å². The SMILES string of the molecule is OCc1cccc(Br)c1OCCc1ccc2c(c1)CCO2. The number of aliphatic hydroxyl groups excluding tert-OH is 1. The molecule has 2 aromatic carbocycles. The van der Waals surface area contributed by atoms with Crippen molar-refractivity contribution < 1.29 is 14.6 Å². The van der Waals surface area contributed by atoms with Crippen molar-refractivity contribution in [3.05, 3.63) is 57.6 Å². The van der Waals surface area contributed by atoms with E-state index >= 15 is 0 Å². The highest BCUT2D eigenvalue weighted by atomic mass is 79.9. The first kappa shape index (κ1) is 14.4. The molecule has 0 bridgehead atoms. The maximum Gasteiger partial charge on any atom is 0.138 e. The van der Waals surface area contributed by atoms with Crippen LogP contribution in [0.15, 0.2) is 40.9 Å². The van der Waals surface area contributed by atoms with Gasteiger partial charge in [-0.15, -0.1) is 0 Å². The maximum absolute atomic E-state index is 9.35. The van der Waals surface area contributed by atoms with Gasteiger partial charge in [-0.25, -0.2) is 0 Å². The Morgan fingerprint density at radius 1 is 1.24 bits per heavy atom. The minimum atomic E-state index is -0.0229. The van der Waals surface area contributed by atoms with E-state index in [1.165, 1.54) is 11.1 Å². The lowest BCUT2D eigenvalue weighted by Crippen LogP contribution is -2.04. The smallest absolute Gasteiger partial charge is 0.138 e. The monoisotopic (exact) mass is 348 g/mol. The minimum Gasteiger partial charge on any atom is -0.493 e. The topological polar surface area (TPSA) is 38.7 Å². The van der Waals surface area contributed by atoms with Gasteiger partial charge in [0.15, 0.2) is 0 Å². The van der Waals surface area contributed by atoms with E-state index in [-0.39, 0.29) is 6.61 Å². The van der Waals surface area contributed by atoms with Crippen LogP contribution in [0.4, 0.5) is 0 Å². The zero-order chi connectivity index (χ0) is 14.7. The summed E-state index contributed by atoms with van der Waals surface area (Å²) in [4.78, 5) is 0. The van der Waals surface area contributed by atoms with Gasteiger partial charge >= 0.3 is 0 Å². The number of hydrogen-bond acceptors (Lipinski definition) is 3. The summed E-state index contributed by atoms with van der Waals surface area (Å²) in [5.74, 6) is 1.73. The number of halogens is 1. The van der Waals surface area contributed by atoms with E-state index in [4.69, 9.17) is 9.47 Å². The number of ether oxygens (including phenoxy) is 2. The Morgan fingerprint density at radius 3 is 3.00 bits per heavy atom. The first-order valence-electron chi connectivity index (χ1n) is 7.03. The fourth-order valence-corrected chi connectivity index (χ4v) is 3.03. The highest BCUT2D eigenvalue weighted by Crippen LogP contribution is 2.30. The van der Waals surface area contributed by atoms with Gasteiger partial charge in [-0.1, -0.05) is 24.3 Å². The summed E-state index contributed by atoms with van der Waals surface area (Å²) in [6.45, 7) is 1.34. The largest absolute Gasteiger partial charge is 0.493 e. The summed E-state index contributed by atoms with van der Waals surface area (Å²) >= 11 is 3.46. The van der Waals surface area contributed by atoms with Crippen LogP contribution in [0.3, 0.4) is 0 Å². The Hall–Kier alpha value is -1.52. The van der Waals surface area contributed by atoms with Gasteiger partial charge in [-0.2, -0.15) is 0 Å². The van der Waals surface area contributed by atoms with Crippen LogP contribution in [0.5, 0.6) is 11.5 Å². The summed E-state index contributed by atoms with van der Waals surface area (Å²) < 4.78 is 12.2. The molecular weight excluding hydrogens is 332 g/mol. The van der Waals surface area contributed by atoms with Crippen molar-refractivity contribution in [2.75, 3.05) is 13.2 Å². The molecule has 0 radical (unpaired) electrons. The average Bonchev–Trinajstić information content (AvgIpc) is 2.96. The van der Waals surface area contributed by atoms with Gasteiger partial charge in [0, 0.05) is 18.4 Å². The summed E-state index contributed by atoms with van der Waals surface area (Å²) in [6.07, 6.45) is 1.82. The molecule has 0 amide bonds. The van der Waals surface area contributed by atoms with Crippen LogP contribution < -0.4 is 9.47 Å². The van der Waals surface area contributed by atoms with Gasteiger partial charge in [0.25, 0.3) is 0 Å². The normalized spacial score (nSPS) is 12.9. The van der Waals surface area contributed by atoms with Gasteiger partial charge in [0.2, 0.25) is 0 Å². The number of aliphatic hydroxyl groups is 1. The van der Waals surface area contributed by atoms with Gasteiger partial charge < -0.3 is 14.6 Å². The van der Waals surface area contributed by atoms with Gasteiger partial charge in [0.05, 0.1) is 24.3 Å². The second-order valence-electron chi connectivity index (χ2n) is 5.03. The zero-order valence-electron chi connectivity index (χ0n) is 11.6. The predicted molar refractivity (Wildman–Crippen MR) is 84.9 cm³/mol. The molecule has 0 spiro atoms. The van der Waals surface area contributed by atoms with E-state index in [1.54, 1.807) is 0 Å². The highest BCUT2D eigenvalue weighted by molar-refractivity contribution is 9.10. The molecule has 1 aliphatic heterocycles. The molecule has 0 fully saturated rings. The van der Waals surface area contributed by atoms with Crippen LogP contribution >= 0.6 is 15.9 Å². The zero-order valence-corrected chi connectivity index (χ0v) is 13.2. The molecule has 1 aliphatic rings. The minimum absolute atomic E-state index is 0.0229. The number of hydrogen-bond donors (Lipinski definition) is 1. The van der Waals surface area contributed by atoms with Crippen LogP contribution in [0.1, 0.15) is 16.7 Å². The summed E-state index contributed by atoms with van der Waals surface area (Å²) in [7, 11) is 0. The second kappa shape index (κ2) is 6.50. The number of rotatable bonds is 5. The van der Waals surface area contributed by atoms with Crippen molar-refractivity contribution in [2.24, 2.45) is 0 Å². The quantitative estimate of drug-likeness (QED) is 0.898. The van der Waals surface area contributed by atoms with Crippen LogP contribution in [0.2, 0.25) is 0 Å². The third-order valence-corrected chi connectivity index (χ3v) is 4.23. The van der Waals surface area contributed by atoms with Crippen molar-refractivity contribution in [1.29, 1.82) is 0 Å². The highest BCUT2D eigenvalue weighted by Gasteiger charge is 2.12. The number of fused-ring (bicyclic) bond motifs is 1. The molecule has 3 rings (SSSR count). The second-order valence-corrected chi connectivity index (χ2v) is 5.88. The Balaban J connectivity index is 1.64. The van der Waals surface area contributed by atoms with E-state index in [1.807, 2.05) is 24.3 Å². The van der Waals surface area contributed by atoms with E-state index in [9.17, 15) is 5.11 Å². The maximum atomic E-state index is 9.35. The van der Waals surface area contributed by atoms with E-state index in [0.29, 0.717) is 6.61 Å². The van der Waals surface area contributed by atoms with E-state index < -0.39 is 0 Å². The Kier molecular flexibility index (Phi) is 4.46. The average molecular weight is 349 g/mol. The fraction of sp³-hybridized carbons (Fsp3) is 0.294. The van der Waals surface area contributed by atoms with Crippen LogP contribution in [0.25, 0.3) is 0 Å². The molecule has 0 aliphatic carbocycles. The van der Waals surface area contributed by atoms with Crippen molar-refractivity contribution in [2.45, 2.75) is 19.4 Å². The Morgan fingerprint density at radius 2 is 2.14 bits per heavy atom. The number of para-hydroxylation sites is 1. The molecule has 2 aromatic rings. The first-order valence-corrected chi connectivity index (χ1v) is 7.83. The van der Waals surface area contributed by atoms with Crippen LogP contribution in [-0.4, -0.2) is 18.3 Å². The molecule has 4 heteroatoms. The lowest BCUT2D eigenvalue weighted by Gasteiger charge is -2.12. The van der Waals surface area contributed by atoms with Crippen molar-refractivity contribution in [3.63, 3.8) is 0 Å². The molecule has 0 unspecified atom stereocenters. The molecule has 21 heavy (non-hydrogen) atoms. The molecule has 1 heterocycles. The fourth-order valence-electron chi connectivity index (χ4n) is 2.51. The van der Waals surface area contributed by atoms with E-state index in [2.05, 4.69) is 28.1 Å². The summed E-state index contributed by atoms with van der Waals surface area (Å²) in [6, 6.07) is 12.0. The molecule has 3 nitrogen and oxygen atoms in total. The van der Waals surface area contributed by atoms with E-state index in [0.717, 1.165) is 41.0 Å². The first-order chi connectivity index (χ1) is 10.3. The van der Waals surface area contributed by atoms with Crippen molar-refractivity contribution in [1.82, 2.24) is 0 Å². The van der Waals surface area contributed by atoms with Crippen molar-refractivity contribution >= 4 is 15.9 Å². The molecule has 0 saturated heterocycles. The third kappa shape index (κ3) is 3.22. The molecule has 0 atom stereocenters. The van der Waals surface area contributed by atoms with Crippen LogP contribution in [-0.2, 0) is 19.4 Å². The lowest BCUT2D eigenvalue weighted by molar-refractivity contribution is 0.263. The van der Waals surface area contributed by atoms with Crippen molar-refractivity contribution in [3.8, 4) is 11.5 Å². The molecule has 0 saturated carbocycles. The Bertz CT molecular complexity index is 640. The summed E-state index contributed by atoms with van der Waals surface area (Å²) in [5, 5.41) is 9.35. The third-order valence-electron chi connectivity index (χ3n) is 3.61. The molecule has 0 aromatic heterocycles. The Labute approximate surface area is 132 Å². The summed E-state index contributed by atoms with van der Waals surface area (Å²) in [5.41, 5.74) is 3.33. The molecular formula is C17H17BrO3. The predicted octanol–water partition coefficient (Wildman–Crippen LogP) is 3.50. The van der Waals surface area contributed by atoms with Gasteiger partial charge in [-0.3, -0.25) is 0 Å². The molecule has 1 N–H and O–H groups in total. The lowest BCUT2D eigenvalue weighted by atomic mass is 10.1. The number of benzene rings is 2. The van der Waals surface area contributed by atoms with Gasteiger partial charge in [0.1, 0.15) is 11.5 Å². The molecule has 110 valence electrons. The standard InChI is InChI=1S/C17H17BrO3/c18-15-3-1-2-14(11-19)17(15)21-8-6-12-4-5-16-13(10-12)7-9-20-16/h1-5,10,19H,6-9,11H2. The van der Waals surface area contributed by atoms with Crippen LogP contribution in [0, 0.1) is 0 Å².